The van der Waals surface area contributed by atoms with E-state index in [0.717, 1.165) is 0 Å². The molecule has 6 heavy (non-hydrogen) atoms. The third kappa shape index (κ3) is 33.4. The van der Waals surface area contributed by atoms with Crippen molar-refractivity contribution in [3.05, 3.63) is 0 Å². The minimum absolute atomic E-state index is 0. The molecule has 0 saturated carbocycles. The summed E-state index contributed by atoms with van der Waals surface area (Å²) in [6, 6.07) is 0. The van der Waals surface area contributed by atoms with Gasteiger partial charge in [-0.05, 0) is 0 Å². The van der Waals surface area contributed by atoms with Gasteiger partial charge < -0.3 is 10.2 Å². The van der Waals surface area contributed by atoms with Crippen molar-refractivity contribution in [3.8, 4) is 0 Å². The van der Waals surface area contributed by atoms with E-state index in [0.29, 0.717) is 0 Å². The van der Waals surface area contributed by atoms with Crippen molar-refractivity contribution in [3.63, 3.8) is 0 Å². The summed E-state index contributed by atoms with van der Waals surface area (Å²) in [4.78, 5) is 8.56. The van der Waals surface area contributed by atoms with Crippen LogP contribution in [0, 0.1) is 45.0 Å². The summed E-state index contributed by atoms with van der Waals surface area (Å²) in [5, 5.41) is 13.9. The standard InChI is InChI=1S/CH2O3.Ba.Ra.4H/c2-1(3)4;;;;;;/h(H2,2,3,4);;;;;;. The Labute approximate surface area is 112 Å². The summed E-state index contributed by atoms with van der Waals surface area (Å²) >= 11 is 0. The topological polar surface area (TPSA) is 57.5 Å². The summed E-state index contributed by atoms with van der Waals surface area (Å²) in [6.45, 7) is 0. The molecule has 0 fully saturated rings. The van der Waals surface area contributed by atoms with Gasteiger partial charge in [0.15, 0.2) is 0 Å². The van der Waals surface area contributed by atoms with Crippen LogP contribution in [0.1, 0.15) is 0 Å². The number of hydrogen-bond donors (Lipinski definition) is 2. The Balaban J connectivity index is -0.0000000450. The molecule has 0 aliphatic heterocycles. The van der Waals surface area contributed by atoms with Gasteiger partial charge >= 0.3 is 100 Å². The summed E-state index contributed by atoms with van der Waals surface area (Å²) in [5.41, 5.74) is 0. The van der Waals surface area contributed by atoms with Crippen LogP contribution >= 0.6 is 0 Å². The van der Waals surface area contributed by atoms with E-state index >= 15 is 0 Å². The van der Waals surface area contributed by atoms with Crippen molar-refractivity contribution >= 4 is 55.0 Å². The van der Waals surface area contributed by atoms with Gasteiger partial charge in [0.1, 0.15) is 0 Å². The van der Waals surface area contributed by atoms with Crippen LogP contribution < -0.4 is 0 Å². The zero-order valence-corrected chi connectivity index (χ0v) is 1.80. The van der Waals surface area contributed by atoms with E-state index in [-0.39, 0.29) is 93.9 Å². The zero-order valence-electron chi connectivity index (χ0n) is 1.80. The molecule has 0 spiro atoms. The molecule has 5 heteroatoms. The van der Waals surface area contributed by atoms with Crippen LogP contribution in [0.5, 0.6) is 0 Å². The first kappa shape index (κ1) is 15.7. The van der Waals surface area contributed by atoms with Gasteiger partial charge in [0.2, 0.25) is 0 Å². The van der Waals surface area contributed by atoms with E-state index in [1.54, 1.807) is 0 Å². The monoisotopic (exact) mass is 430 g/mol. The third-order valence-electron chi connectivity index (χ3n) is 0. The average molecular weight is 429 g/mol. The van der Waals surface area contributed by atoms with Gasteiger partial charge in [-0.2, -0.15) is 0 Å². The molecule has 0 aromatic carbocycles. The molecule has 32 valence electrons. The molecular formula is CH6BaO3Ra. The molecule has 0 aliphatic carbocycles. The molecule has 0 radical (unpaired) electrons. The van der Waals surface area contributed by atoms with Crippen LogP contribution in [-0.2, 0) is 0 Å². The molecule has 0 amide bonds. The van der Waals surface area contributed by atoms with Gasteiger partial charge in [0.25, 0.3) is 0 Å². The van der Waals surface area contributed by atoms with Crippen LogP contribution in [0.15, 0.2) is 0 Å². The van der Waals surface area contributed by atoms with Gasteiger partial charge in [0.05, 0.1) is 0 Å². The predicted octanol–water partition coefficient (Wildman–Crippen LogP) is -1.23. The number of rotatable bonds is 0. The Morgan fingerprint density at radius 2 is 1.33 bits per heavy atom. The number of carboxylic acid groups (broad SMARTS) is 2. The van der Waals surface area contributed by atoms with Crippen molar-refractivity contribution in [2.45, 2.75) is 0 Å². The average Bonchev–Trinajstić information content (AvgIpc) is 0.811. The SMILES string of the molecule is O=C(O)O.[BaH2].[RaH2]. The molecule has 0 aromatic rings. The number of carbonyl (C=O) groups is 1. The first-order valence-corrected chi connectivity index (χ1v) is 0.651. The van der Waals surface area contributed by atoms with Crippen molar-refractivity contribution in [2.75, 3.05) is 0 Å². The van der Waals surface area contributed by atoms with Gasteiger partial charge in [-0.15, -0.1) is 0 Å². The predicted molar refractivity (Wildman–Crippen MR) is 22.0 cm³/mol. The Kier molecular flexibility index (Phi) is 27.1. The van der Waals surface area contributed by atoms with Gasteiger partial charge in [-0.3, -0.25) is 0 Å². The Bertz CT molecular complexity index is 33.8. The molecule has 0 bridgehead atoms. The molecule has 0 saturated heterocycles. The molecule has 0 rings (SSSR count). The third-order valence-corrected chi connectivity index (χ3v) is 0. The molecule has 2 N–H and O–H groups in total. The second-order valence-electron chi connectivity index (χ2n) is 0.283. The van der Waals surface area contributed by atoms with Crippen LogP contribution in [0.2, 0.25) is 0 Å². The molecule has 0 unspecified atom stereocenters. The summed E-state index contributed by atoms with van der Waals surface area (Å²) in [7, 11) is 0. The second-order valence-corrected chi connectivity index (χ2v) is 0.283. The van der Waals surface area contributed by atoms with Crippen molar-refractivity contribution < 1.29 is 60.0 Å². The fourth-order valence-corrected chi connectivity index (χ4v) is 0. The van der Waals surface area contributed by atoms with Gasteiger partial charge in [-0.25, -0.2) is 4.79 Å². The maximum atomic E-state index is 8.56. The summed E-state index contributed by atoms with van der Waals surface area (Å²) in [5.74, 6) is 0. The Hall–Kier alpha value is 2.31. The quantitative estimate of drug-likeness (QED) is 0.475. The molecule has 0 heterocycles. The number of hydrogen-bond acceptors (Lipinski definition) is 1. The summed E-state index contributed by atoms with van der Waals surface area (Å²) in [6.07, 6.45) is -1.83. The minimum atomic E-state index is -1.83. The van der Waals surface area contributed by atoms with E-state index < -0.39 is 6.16 Å². The summed E-state index contributed by atoms with van der Waals surface area (Å²) < 4.78 is 0. The first-order valence-electron chi connectivity index (χ1n) is 0.651. The molecule has 3 nitrogen and oxygen atoms in total. The van der Waals surface area contributed by atoms with E-state index in [4.69, 9.17) is 15.0 Å². The Morgan fingerprint density at radius 1 is 1.33 bits per heavy atom. The van der Waals surface area contributed by atoms with Crippen LogP contribution in [0.4, 0.5) is 4.79 Å². The maximum absolute atomic E-state index is 8.56. The molecule has 0 aliphatic rings. The zero-order chi connectivity index (χ0) is 3.58. The molecular weight excluding hydrogens is 423 g/mol. The van der Waals surface area contributed by atoms with Crippen molar-refractivity contribution in [2.24, 2.45) is 0 Å². The van der Waals surface area contributed by atoms with Crippen LogP contribution in [0.3, 0.4) is 0 Å². The van der Waals surface area contributed by atoms with E-state index in [2.05, 4.69) is 0 Å². The van der Waals surface area contributed by atoms with Gasteiger partial charge in [-0.1, -0.05) is 0 Å². The van der Waals surface area contributed by atoms with Crippen LogP contribution in [-0.4, -0.2) is 65.2 Å². The molecule has 0 atom stereocenters. The fraction of sp³-hybridized carbons (Fsp3) is 0. The van der Waals surface area contributed by atoms with E-state index in [1.165, 1.54) is 0 Å². The van der Waals surface area contributed by atoms with Crippen molar-refractivity contribution in [1.82, 2.24) is 0 Å². The Morgan fingerprint density at radius 3 is 1.33 bits per heavy atom. The first-order chi connectivity index (χ1) is 1.73. The van der Waals surface area contributed by atoms with E-state index in [1.807, 2.05) is 0 Å². The second kappa shape index (κ2) is 10.3. The molecule has 0 aromatic heterocycles. The normalized spacial score (nSPS) is 4.00. The van der Waals surface area contributed by atoms with Crippen LogP contribution in [0.25, 0.3) is 0 Å². The van der Waals surface area contributed by atoms with Crippen molar-refractivity contribution in [1.29, 1.82) is 0 Å². The van der Waals surface area contributed by atoms with E-state index in [9.17, 15) is 0 Å². The fourth-order valence-electron chi connectivity index (χ4n) is 0. The van der Waals surface area contributed by atoms with Gasteiger partial charge in [0, 0.05) is 0 Å².